The van der Waals surface area contributed by atoms with Gasteiger partial charge in [0.1, 0.15) is 5.82 Å². The van der Waals surface area contributed by atoms with Gasteiger partial charge in [-0.2, -0.15) is 5.10 Å². The van der Waals surface area contributed by atoms with Crippen molar-refractivity contribution in [3.8, 4) is 0 Å². The fourth-order valence-electron chi connectivity index (χ4n) is 2.00. The third-order valence-corrected chi connectivity index (χ3v) is 2.93. The lowest BCUT2D eigenvalue weighted by Gasteiger charge is -2.11. The molecule has 0 fully saturated rings. The van der Waals surface area contributed by atoms with Gasteiger partial charge in [-0.3, -0.25) is 4.98 Å². The second-order valence-electron chi connectivity index (χ2n) is 4.01. The van der Waals surface area contributed by atoms with E-state index in [-0.39, 0.29) is 0 Å². The third kappa shape index (κ3) is 1.65. The second kappa shape index (κ2) is 4.19. The highest BCUT2D eigenvalue weighted by atomic mass is 19.1. The molecule has 3 aromatic heterocycles. The van der Waals surface area contributed by atoms with E-state index in [2.05, 4.69) is 10.1 Å². The molecule has 0 radical (unpaired) electrons. The summed E-state index contributed by atoms with van der Waals surface area (Å²) < 4.78 is 15.4. The molecule has 0 saturated heterocycles. The molecule has 90 valence electrons. The Morgan fingerprint density at radius 1 is 1.17 bits per heavy atom. The standard InChI is InChI=1S/C13H11FN4/c14-11-8-16-5-4-9(11)13(15)10-7-17-18-6-2-1-3-12(10)18/h1-8,13H,15H2. The van der Waals surface area contributed by atoms with Crippen molar-refractivity contribution >= 4 is 5.52 Å². The van der Waals surface area contributed by atoms with Gasteiger partial charge in [0, 0.05) is 23.5 Å². The van der Waals surface area contributed by atoms with Crippen molar-refractivity contribution in [3.05, 3.63) is 66.0 Å². The minimum atomic E-state index is -0.548. The van der Waals surface area contributed by atoms with Crippen LogP contribution in [-0.4, -0.2) is 14.6 Å². The Balaban J connectivity index is 2.13. The number of pyridine rings is 2. The van der Waals surface area contributed by atoms with Crippen LogP contribution in [0, 0.1) is 5.82 Å². The number of nitrogens with two attached hydrogens (primary N) is 1. The quantitative estimate of drug-likeness (QED) is 0.747. The fourth-order valence-corrected chi connectivity index (χ4v) is 2.00. The zero-order chi connectivity index (χ0) is 12.5. The van der Waals surface area contributed by atoms with Crippen LogP contribution in [-0.2, 0) is 0 Å². The molecule has 0 spiro atoms. The maximum absolute atomic E-state index is 13.7. The molecule has 4 nitrogen and oxygen atoms in total. The van der Waals surface area contributed by atoms with Crippen molar-refractivity contribution in [3.63, 3.8) is 0 Å². The first-order chi connectivity index (χ1) is 8.77. The monoisotopic (exact) mass is 242 g/mol. The van der Waals surface area contributed by atoms with Gasteiger partial charge < -0.3 is 5.73 Å². The summed E-state index contributed by atoms with van der Waals surface area (Å²) in [6, 6.07) is 6.72. The largest absolute Gasteiger partial charge is 0.320 e. The van der Waals surface area contributed by atoms with Gasteiger partial charge in [0.05, 0.1) is 24.0 Å². The molecule has 5 heteroatoms. The van der Waals surface area contributed by atoms with E-state index in [9.17, 15) is 4.39 Å². The molecular weight excluding hydrogens is 231 g/mol. The van der Waals surface area contributed by atoms with E-state index in [1.165, 1.54) is 12.4 Å². The van der Waals surface area contributed by atoms with Crippen LogP contribution in [0.25, 0.3) is 5.52 Å². The number of halogens is 1. The summed E-state index contributed by atoms with van der Waals surface area (Å²) in [6.45, 7) is 0. The predicted octanol–water partition coefficient (Wildman–Crippen LogP) is 1.92. The molecular formula is C13H11FN4. The Morgan fingerprint density at radius 2 is 2.06 bits per heavy atom. The Labute approximate surface area is 103 Å². The van der Waals surface area contributed by atoms with E-state index in [0.29, 0.717) is 5.56 Å². The maximum Gasteiger partial charge on any atom is 0.146 e. The van der Waals surface area contributed by atoms with Crippen LogP contribution in [0.1, 0.15) is 17.2 Å². The molecule has 3 rings (SSSR count). The summed E-state index contributed by atoms with van der Waals surface area (Å²) in [4.78, 5) is 3.72. The van der Waals surface area contributed by atoms with E-state index >= 15 is 0 Å². The molecule has 1 atom stereocenters. The zero-order valence-corrected chi connectivity index (χ0v) is 9.49. The number of rotatable bonds is 2. The molecule has 1 unspecified atom stereocenters. The fraction of sp³-hybridized carbons (Fsp3) is 0.0769. The van der Waals surface area contributed by atoms with Crippen LogP contribution in [0.2, 0.25) is 0 Å². The molecule has 0 aliphatic rings. The van der Waals surface area contributed by atoms with Gasteiger partial charge in [0.25, 0.3) is 0 Å². The zero-order valence-electron chi connectivity index (χ0n) is 9.49. The van der Waals surface area contributed by atoms with Gasteiger partial charge in [-0.1, -0.05) is 6.07 Å². The average Bonchev–Trinajstić information content (AvgIpc) is 2.82. The molecule has 3 heterocycles. The Morgan fingerprint density at radius 3 is 2.89 bits per heavy atom. The molecule has 0 aliphatic carbocycles. The number of nitrogens with zero attached hydrogens (tertiary/aromatic N) is 3. The summed E-state index contributed by atoms with van der Waals surface area (Å²) in [6.07, 6.45) is 6.19. The van der Waals surface area contributed by atoms with Crippen LogP contribution in [0.5, 0.6) is 0 Å². The van der Waals surface area contributed by atoms with Crippen molar-refractivity contribution in [2.75, 3.05) is 0 Å². The topological polar surface area (TPSA) is 56.2 Å². The lowest BCUT2D eigenvalue weighted by Crippen LogP contribution is -2.13. The van der Waals surface area contributed by atoms with E-state index < -0.39 is 11.9 Å². The smallest absolute Gasteiger partial charge is 0.146 e. The first-order valence-corrected chi connectivity index (χ1v) is 5.54. The summed E-state index contributed by atoms with van der Waals surface area (Å²) in [7, 11) is 0. The van der Waals surface area contributed by atoms with Crippen molar-refractivity contribution in [2.24, 2.45) is 5.73 Å². The minimum Gasteiger partial charge on any atom is -0.320 e. The maximum atomic E-state index is 13.7. The number of aromatic nitrogens is 3. The summed E-state index contributed by atoms with van der Waals surface area (Å²) >= 11 is 0. The third-order valence-electron chi connectivity index (χ3n) is 2.93. The highest BCUT2D eigenvalue weighted by molar-refractivity contribution is 5.56. The van der Waals surface area contributed by atoms with Crippen molar-refractivity contribution in [1.29, 1.82) is 0 Å². The van der Waals surface area contributed by atoms with Gasteiger partial charge in [-0.15, -0.1) is 0 Å². The van der Waals surface area contributed by atoms with Crippen molar-refractivity contribution in [1.82, 2.24) is 14.6 Å². The molecule has 3 aromatic rings. The number of fused-ring (bicyclic) bond motifs is 1. The van der Waals surface area contributed by atoms with Crippen LogP contribution >= 0.6 is 0 Å². The second-order valence-corrected chi connectivity index (χ2v) is 4.01. The van der Waals surface area contributed by atoms with E-state index in [1.54, 1.807) is 16.8 Å². The van der Waals surface area contributed by atoms with Crippen LogP contribution in [0.15, 0.2) is 49.1 Å². The van der Waals surface area contributed by atoms with Crippen molar-refractivity contribution in [2.45, 2.75) is 6.04 Å². The summed E-state index contributed by atoms with van der Waals surface area (Å²) in [5.41, 5.74) is 8.20. The molecule has 0 aromatic carbocycles. The van der Waals surface area contributed by atoms with Gasteiger partial charge in [-0.25, -0.2) is 8.91 Å². The minimum absolute atomic E-state index is 0.403. The SMILES string of the molecule is NC(c1ccncc1F)c1cnn2ccccc12. The first-order valence-electron chi connectivity index (χ1n) is 5.54. The Kier molecular flexibility index (Phi) is 2.53. The molecule has 0 amide bonds. The summed E-state index contributed by atoms with van der Waals surface area (Å²) in [5.74, 6) is -0.403. The summed E-state index contributed by atoms with van der Waals surface area (Å²) in [5, 5.41) is 4.19. The van der Waals surface area contributed by atoms with E-state index in [4.69, 9.17) is 5.73 Å². The average molecular weight is 242 g/mol. The van der Waals surface area contributed by atoms with Gasteiger partial charge in [0.15, 0.2) is 0 Å². The highest BCUT2D eigenvalue weighted by Gasteiger charge is 2.17. The molecule has 0 saturated carbocycles. The Bertz CT molecular complexity index is 692. The van der Waals surface area contributed by atoms with Crippen LogP contribution in [0.4, 0.5) is 4.39 Å². The van der Waals surface area contributed by atoms with E-state index in [0.717, 1.165) is 11.1 Å². The van der Waals surface area contributed by atoms with E-state index in [1.807, 2.05) is 24.4 Å². The van der Waals surface area contributed by atoms with Crippen molar-refractivity contribution < 1.29 is 4.39 Å². The lowest BCUT2D eigenvalue weighted by atomic mass is 10.0. The van der Waals surface area contributed by atoms with Crippen LogP contribution in [0.3, 0.4) is 0 Å². The predicted molar refractivity (Wildman–Crippen MR) is 65.4 cm³/mol. The normalized spacial score (nSPS) is 12.8. The van der Waals surface area contributed by atoms with Crippen LogP contribution < -0.4 is 5.73 Å². The van der Waals surface area contributed by atoms with Gasteiger partial charge >= 0.3 is 0 Å². The first kappa shape index (κ1) is 10.9. The lowest BCUT2D eigenvalue weighted by molar-refractivity contribution is 0.594. The number of hydrogen-bond acceptors (Lipinski definition) is 3. The molecule has 0 bridgehead atoms. The highest BCUT2D eigenvalue weighted by Crippen LogP contribution is 2.24. The molecule has 2 N–H and O–H groups in total. The van der Waals surface area contributed by atoms with Gasteiger partial charge in [0.2, 0.25) is 0 Å². The number of hydrogen-bond donors (Lipinski definition) is 1. The Hall–Kier alpha value is -2.27. The van der Waals surface area contributed by atoms with Gasteiger partial charge in [-0.05, 0) is 18.2 Å². The molecule has 18 heavy (non-hydrogen) atoms. The molecule has 0 aliphatic heterocycles.